The fourth-order valence-corrected chi connectivity index (χ4v) is 2.54. The lowest BCUT2D eigenvalue weighted by Crippen LogP contribution is -2.34. The van der Waals surface area contributed by atoms with E-state index in [1.165, 1.54) is 0 Å². The first kappa shape index (κ1) is 12.7. The van der Waals surface area contributed by atoms with Crippen LogP contribution in [-0.4, -0.2) is 44.4 Å². The topological polar surface area (TPSA) is 74.9 Å². The highest BCUT2D eigenvalue weighted by molar-refractivity contribution is 5.95. The number of carbonyl (C=O) groups is 2. The number of fused-ring (bicyclic) bond motifs is 1. The highest BCUT2D eigenvalue weighted by Crippen LogP contribution is 2.30. The zero-order chi connectivity index (χ0) is 14.3. The Morgan fingerprint density at radius 2 is 2.20 bits per heavy atom. The summed E-state index contributed by atoms with van der Waals surface area (Å²) < 4.78 is 1.78. The molecule has 104 valence electrons. The van der Waals surface area contributed by atoms with Crippen molar-refractivity contribution in [3.8, 4) is 0 Å². The number of aromatic nitrogens is 2. The number of hydrogen-bond donors (Lipinski definition) is 1. The number of nitrogens with zero attached hydrogens (tertiary/aromatic N) is 3. The summed E-state index contributed by atoms with van der Waals surface area (Å²) in [5, 5.41) is 9.21. The Balaban J connectivity index is 1.84. The Hall–Kier alpha value is -2.37. The molecule has 1 N–H and O–H groups in total. The van der Waals surface area contributed by atoms with Crippen LogP contribution < -0.4 is 0 Å². The molecule has 0 unspecified atom stereocenters. The molecule has 3 rings (SSSR count). The predicted octanol–water partition coefficient (Wildman–Crippen LogP) is 1.27. The zero-order valence-corrected chi connectivity index (χ0v) is 11.1. The Kier molecular flexibility index (Phi) is 2.74. The lowest BCUT2D eigenvalue weighted by molar-refractivity contribution is -0.147. The Morgan fingerprint density at radius 3 is 2.90 bits per heavy atom. The van der Waals surface area contributed by atoms with Crippen LogP contribution in [0.2, 0.25) is 0 Å². The maximum absolute atomic E-state index is 12.4. The molecule has 3 heterocycles. The van der Waals surface area contributed by atoms with Crippen molar-refractivity contribution in [1.29, 1.82) is 0 Å². The highest BCUT2D eigenvalue weighted by Gasteiger charge is 2.42. The van der Waals surface area contributed by atoms with E-state index in [9.17, 15) is 14.7 Å². The second-order valence-corrected chi connectivity index (χ2v) is 5.45. The number of amides is 1. The first-order chi connectivity index (χ1) is 9.49. The van der Waals surface area contributed by atoms with Gasteiger partial charge in [-0.25, -0.2) is 4.98 Å². The standard InChI is InChI=1S/C14H15N3O3/c1-14(13(19)20)4-6-17(9-14)12(18)10-2-3-11-15-5-7-16(11)8-10/h2-3,5,7-8H,4,6,9H2,1H3,(H,19,20)/t14-/m0/s1. The monoisotopic (exact) mass is 273 g/mol. The van der Waals surface area contributed by atoms with Crippen LogP contribution in [-0.2, 0) is 4.79 Å². The number of hydrogen-bond acceptors (Lipinski definition) is 3. The van der Waals surface area contributed by atoms with Gasteiger partial charge >= 0.3 is 5.97 Å². The summed E-state index contributed by atoms with van der Waals surface area (Å²) in [6.07, 6.45) is 5.65. The average Bonchev–Trinajstić information content (AvgIpc) is 3.04. The maximum atomic E-state index is 12.4. The van der Waals surface area contributed by atoms with E-state index < -0.39 is 11.4 Å². The molecule has 0 spiro atoms. The summed E-state index contributed by atoms with van der Waals surface area (Å²) in [5.74, 6) is -0.983. The van der Waals surface area contributed by atoms with E-state index in [1.807, 2.05) is 0 Å². The van der Waals surface area contributed by atoms with Gasteiger partial charge in [0.25, 0.3) is 5.91 Å². The average molecular weight is 273 g/mol. The third-order valence-electron chi connectivity index (χ3n) is 3.91. The van der Waals surface area contributed by atoms with E-state index in [-0.39, 0.29) is 12.5 Å². The van der Waals surface area contributed by atoms with Crippen LogP contribution in [0, 0.1) is 5.41 Å². The molecule has 6 nitrogen and oxygen atoms in total. The Morgan fingerprint density at radius 1 is 1.40 bits per heavy atom. The molecule has 2 aromatic rings. The summed E-state index contributed by atoms with van der Waals surface area (Å²) in [6, 6.07) is 3.50. The second-order valence-electron chi connectivity index (χ2n) is 5.45. The van der Waals surface area contributed by atoms with E-state index >= 15 is 0 Å². The van der Waals surface area contributed by atoms with Crippen LogP contribution in [0.25, 0.3) is 5.65 Å². The molecule has 0 radical (unpaired) electrons. The van der Waals surface area contributed by atoms with E-state index in [0.717, 1.165) is 5.65 Å². The molecule has 0 aliphatic carbocycles. The third kappa shape index (κ3) is 1.93. The summed E-state index contributed by atoms with van der Waals surface area (Å²) in [4.78, 5) is 29.4. The van der Waals surface area contributed by atoms with Crippen molar-refractivity contribution >= 4 is 17.5 Å². The van der Waals surface area contributed by atoms with Gasteiger partial charge in [-0.05, 0) is 25.5 Å². The molecule has 1 aliphatic rings. The van der Waals surface area contributed by atoms with Gasteiger partial charge in [0.1, 0.15) is 5.65 Å². The third-order valence-corrected chi connectivity index (χ3v) is 3.91. The van der Waals surface area contributed by atoms with E-state index in [4.69, 9.17) is 0 Å². The zero-order valence-electron chi connectivity index (χ0n) is 11.1. The molecular formula is C14H15N3O3. The summed E-state index contributed by atoms with van der Waals surface area (Å²) in [7, 11) is 0. The number of carboxylic acids is 1. The molecule has 1 amide bonds. The van der Waals surface area contributed by atoms with Gasteiger partial charge in [-0.3, -0.25) is 9.59 Å². The molecule has 1 atom stereocenters. The van der Waals surface area contributed by atoms with E-state index in [0.29, 0.717) is 18.5 Å². The number of imidazole rings is 1. The molecule has 20 heavy (non-hydrogen) atoms. The minimum atomic E-state index is -0.849. The molecule has 1 fully saturated rings. The van der Waals surface area contributed by atoms with Gasteiger partial charge in [0.05, 0.1) is 11.0 Å². The summed E-state index contributed by atoms with van der Waals surface area (Å²) in [6.45, 7) is 2.41. The largest absolute Gasteiger partial charge is 0.481 e. The molecule has 0 aromatic carbocycles. The molecule has 2 aromatic heterocycles. The number of rotatable bonds is 2. The molecule has 0 bridgehead atoms. The normalized spacial score (nSPS) is 22.4. The fourth-order valence-electron chi connectivity index (χ4n) is 2.54. The molecular weight excluding hydrogens is 258 g/mol. The number of carboxylic acid groups (broad SMARTS) is 1. The number of likely N-dealkylation sites (tertiary alicyclic amines) is 1. The van der Waals surface area contributed by atoms with Crippen molar-refractivity contribution in [2.45, 2.75) is 13.3 Å². The van der Waals surface area contributed by atoms with Crippen molar-refractivity contribution in [1.82, 2.24) is 14.3 Å². The smallest absolute Gasteiger partial charge is 0.311 e. The van der Waals surface area contributed by atoms with Crippen molar-refractivity contribution in [3.05, 3.63) is 36.3 Å². The maximum Gasteiger partial charge on any atom is 0.311 e. The van der Waals surface area contributed by atoms with Crippen LogP contribution in [0.1, 0.15) is 23.7 Å². The summed E-state index contributed by atoms with van der Waals surface area (Å²) >= 11 is 0. The van der Waals surface area contributed by atoms with Gasteiger partial charge in [0.2, 0.25) is 0 Å². The first-order valence-corrected chi connectivity index (χ1v) is 6.45. The fraction of sp³-hybridized carbons (Fsp3) is 0.357. The van der Waals surface area contributed by atoms with Crippen LogP contribution >= 0.6 is 0 Å². The van der Waals surface area contributed by atoms with E-state index in [1.54, 1.807) is 46.9 Å². The molecule has 0 saturated carbocycles. The van der Waals surface area contributed by atoms with Crippen molar-refractivity contribution < 1.29 is 14.7 Å². The van der Waals surface area contributed by atoms with Crippen molar-refractivity contribution in [2.24, 2.45) is 5.41 Å². The van der Waals surface area contributed by atoms with Crippen LogP contribution in [0.3, 0.4) is 0 Å². The molecule has 1 aliphatic heterocycles. The highest BCUT2D eigenvalue weighted by atomic mass is 16.4. The van der Waals surface area contributed by atoms with Gasteiger partial charge < -0.3 is 14.4 Å². The van der Waals surface area contributed by atoms with Gasteiger partial charge in [-0.15, -0.1) is 0 Å². The van der Waals surface area contributed by atoms with Crippen LogP contribution in [0.5, 0.6) is 0 Å². The van der Waals surface area contributed by atoms with Crippen LogP contribution in [0.4, 0.5) is 0 Å². The predicted molar refractivity (Wildman–Crippen MR) is 71.5 cm³/mol. The lowest BCUT2D eigenvalue weighted by atomic mass is 9.90. The Bertz CT molecular complexity index is 694. The van der Waals surface area contributed by atoms with Crippen molar-refractivity contribution in [3.63, 3.8) is 0 Å². The van der Waals surface area contributed by atoms with Crippen molar-refractivity contribution in [2.75, 3.05) is 13.1 Å². The van der Waals surface area contributed by atoms with Gasteiger partial charge in [0.15, 0.2) is 0 Å². The summed E-state index contributed by atoms with van der Waals surface area (Å²) in [5.41, 5.74) is 0.484. The lowest BCUT2D eigenvalue weighted by Gasteiger charge is -2.20. The van der Waals surface area contributed by atoms with Gasteiger partial charge in [0, 0.05) is 31.7 Å². The number of pyridine rings is 1. The quantitative estimate of drug-likeness (QED) is 0.894. The van der Waals surface area contributed by atoms with Gasteiger partial charge in [-0.2, -0.15) is 0 Å². The minimum Gasteiger partial charge on any atom is -0.481 e. The Labute approximate surface area is 115 Å². The number of aliphatic carboxylic acids is 1. The van der Waals surface area contributed by atoms with E-state index in [2.05, 4.69) is 4.98 Å². The van der Waals surface area contributed by atoms with Crippen LogP contribution in [0.15, 0.2) is 30.7 Å². The second kappa shape index (κ2) is 4.33. The van der Waals surface area contributed by atoms with Gasteiger partial charge in [-0.1, -0.05) is 0 Å². The first-order valence-electron chi connectivity index (χ1n) is 6.45. The minimum absolute atomic E-state index is 0.134. The molecule has 1 saturated heterocycles. The molecule has 6 heteroatoms. The SMILES string of the molecule is C[C@]1(C(=O)O)CCN(C(=O)c2ccc3nccn3c2)C1. The number of carbonyl (C=O) groups excluding carboxylic acids is 1.